The van der Waals surface area contributed by atoms with Gasteiger partial charge in [-0.15, -0.1) is 11.8 Å². The molecule has 0 aromatic heterocycles. The van der Waals surface area contributed by atoms with Crippen molar-refractivity contribution in [1.82, 2.24) is 4.90 Å². The summed E-state index contributed by atoms with van der Waals surface area (Å²) >= 11 is 13.5. The number of carbonyl (C=O) groups excluding carboxylic acids is 3. The Labute approximate surface area is 182 Å². The number of anilines is 2. The van der Waals surface area contributed by atoms with E-state index in [1.54, 1.807) is 25.1 Å². The third-order valence-electron chi connectivity index (χ3n) is 4.36. The number of para-hydroxylation sites is 2. The van der Waals surface area contributed by atoms with Crippen LogP contribution in [0.4, 0.5) is 11.4 Å². The van der Waals surface area contributed by atoms with Crippen LogP contribution in [0.15, 0.2) is 47.4 Å². The summed E-state index contributed by atoms with van der Waals surface area (Å²) in [6.45, 7) is 1.95. The van der Waals surface area contributed by atoms with E-state index in [1.165, 1.54) is 16.7 Å². The van der Waals surface area contributed by atoms with E-state index in [2.05, 4.69) is 10.6 Å². The molecule has 0 saturated heterocycles. The molecule has 3 amide bonds. The minimum atomic E-state index is -0.549. The monoisotopic (exact) mass is 451 g/mol. The van der Waals surface area contributed by atoms with Gasteiger partial charge in [0.05, 0.1) is 33.2 Å². The molecule has 0 spiro atoms. The molecule has 9 heteroatoms. The number of fused-ring (bicyclic) bond motifs is 1. The number of benzene rings is 2. The summed E-state index contributed by atoms with van der Waals surface area (Å²) in [6, 6.07) is 12.3. The Bertz CT molecular complexity index is 934. The topological polar surface area (TPSA) is 78.5 Å². The predicted molar refractivity (Wildman–Crippen MR) is 117 cm³/mol. The van der Waals surface area contributed by atoms with Gasteiger partial charge < -0.3 is 15.5 Å². The molecular formula is C20H19Cl2N3O3S. The minimum absolute atomic E-state index is 0.00119. The van der Waals surface area contributed by atoms with Crippen LogP contribution in [-0.2, 0) is 14.4 Å². The highest BCUT2D eigenvalue weighted by atomic mass is 35.5. The molecule has 2 aromatic carbocycles. The predicted octanol–water partition coefficient (Wildman–Crippen LogP) is 4.28. The number of amides is 3. The molecule has 6 nitrogen and oxygen atoms in total. The van der Waals surface area contributed by atoms with E-state index in [-0.39, 0.29) is 24.8 Å². The van der Waals surface area contributed by atoms with Gasteiger partial charge in [0.1, 0.15) is 0 Å². The van der Waals surface area contributed by atoms with Crippen LogP contribution in [0.3, 0.4) is 0 Å². The number of rotatable bonds is 6. The van der Waals surface area contributed by atoms with Gasteiger partial charge in [-0.25, -0.2) is 0 Å². The van der Waals surface area contributed by atoms with Gasteiger partial charge in [-0.05, 0) is 31.2 Å². The first kappa shape index (κ1) is 21.5. The maximum Gasteiger partial charge on any atom is 0.244 e. The summed E-state index contributed by atoms with van der Waals surface area (Å²) < 4.78 is 0. The number of hydrogen-bond donors (Lipinski definition) is 2. The molecule has 29 heavy (non-hydrogen) atoms. The molecule has 1 heterocycles. The van der Waals surface area contributed by atoms with Crippen LogP contribution in [-0.4, -0.2) is 41.0 Å². The summed E-state index contributed by atoms with van der Waals surface area (Å²) in [5, 5.41) is 5.54. The van der Waals surface area contributed by atoms with Crippen molar-refractivity contribution in [2.45, 2.75) is 23.5 Å². The smallest absolute Gasteiger partial charge is 0.244 e. The van der Waals surface area contributed by atoms with Crippen LogP contribution in [0.1, 0.15) is 13.3 Å². The van der Waals surface area contributed by atoms with E-state index >= 15 is 0 Å². The molecule has 0 bridgehead atoms. The molecule has 1 aliphatic heterocycles. The Balaban J connectivity index is 1.62. The van der Waals surface area contributed by atoms with Crippen molar-refractivity contribution in [1.29, 1.82) is 0 Å². The van der Waals surface area contributed by atoms with Gasteiger partial charge >= 0.3 is 0 Å². The lowest BCUT2D eigenvalue weighted by atomic mass is 10.2. The lowest BCUT2D eigenvalue weighted by Crippen LogP contribution is -2.41. The van der Waals surface area contributed by atoms with E-state index in [4.69, 9.17) is 23.2 Å². The molecule has 0 unspecified atom stereocenters. The summed E-state index contributed by atoms with van der Waals surface area (Å²) in [4.78, 5) is 39.8. The molecule has 3 rings (SSSR count). The Hall–Kier alpha value is -2.22. The van der Waals surface area contributed by atoms with Crippen LogP contribution in [0.25, 0.3) is 0 Å². The average molecular weight is 452 g/mol. The Morgan fingerprint density at radius 3 is 2.52 bits per heavy atom. The first-order valence-corrected chi connectivity index (χ1v) is 10.6. The average Bonchev–Trinajstić information content (AvgIpc) is 2.69. The number of likely N-dealkylation sites (N-methyl/N-ethyl adjacent to an activating group) is 1. The van der Waals surface area contributed by atoms with E-state index in [0.717, 1.165) is 10.6 Å². The second-order valence-electron chi connectivity index (χ2n) is 6.35. The molecule has 0 aliphatic carbocycles. The molecule has 1 aliphatic rings. The van der Waals surface area contributed by atoms with Crippen molar-refractivity contribution in [2.75, 3.05) is 23.7 Å². The zero-order chi connectivity index (χ0) is 21.0. The maximum atomic E-state index is 12.7. The first-order valence-electron chi connectivity index (χ1n) is 8.97. The van der Waals surface area contributed by atoms with Crippen molar-refractivity contribution < 1.29 is 14.4 Å². The van der Waals surface area contributed by atoms with Gasteiger partial charge in [-0.3, -0.25) is 14.4 Å². The van der Waals surface area contributed by atoms with Crippen molar-refractivity contribution in [3.63, 3.8) is 0 Å². The fourth-order valence-electron chi connectivity index (χ4n) is 2.86. The van der Waals surface area contributed by atoms with Gasteiger partial charge in [-0.2, -0.15) is 0 Å². The zero-order valence-electron chi connectivity index (χ0n) is 15.6. The number of nitrogens with zero attached hydrogens (tertiary/aromatic N) is 1. The molecule has 0 fully saturated rings. The summed E-state index contributed by atoms with van der Waals surface area (Å²) in [6.07, 6.45) is -0.00119. The lowest BCUT2D eigenvalue weighted by Gasteiger charge is -2.26. The number of nitrogens with one attached hydrogen (secondary N) is 2. The number of thioether (sulfide) groups is 1. The number of hydrogen-bond acceptors (Lipinski definition) is 4. The quantitative estimate of drug-likeness (QED) is 0.686. The SMILES string of the molecule is CCN(CC(=O)Nc1c(Cl)cccc1Cl)C(=O)C[C@@H]1Sc2ccccc2NC1=O. The van der Waals surface area contributed by atoms with Crippen molar-refractivity contribution in [3.8, 4) is 0 Å². The number of carbonyl (C=O) groups is 3. The molecule has 0 saturated carbocycles. The molecular weight excluding hydrogens is 433 g/mol. The van der Waals surface area contributed by atoms with Crippen LogP contribution < -0.4 is 10.6 Å². The van der Waals surface area contributed by atoms with E-state index in [1.807, 2.05) is 24.3 Å². The number of halogens is 2. The van der Waals surface area contributed by atoms with E-state index in [0.29, 0.717) is 22.3 Å². The van der Waals surface area contributed by atoms with Crippen LogP contribution in [0.5, 0.6) is 0 Å². The zero-order valence-corrected chi connectivity index (χ0v) is 17.9. The molecule has 0 radical (unpaired) electrons. The summed E-state index contributed by atoms with van der Waals surface area (Å²) in [5.41, 5.74) is 1.05. The summed E-state index contributed by atoms with van der Waals surface area (Å²) in [7, 11) is 0. The highest BCUT2D eigenvalue weighted by molar-refractivity contribution is 8.01. The second-order valence-corrected chi connectivity index (χ2v) is 8.41. The fraction of sp³-hybridized carbons (Fsp3) is 0.250. The molecule has 2 N–H and O–H groups in total. The van der Waals surface area contributed by atoms with E-state index < -0.39 is 11.2 Å². The molecule has 152 valence electrons. The van der Waals surface area contributed by atoms with Crippen LogP contribution >= 0.6 is 35.0 Å². The first-order chi connectivity index (χ1) is 13.9. The highest BCUT2D eigenvalue weighted by Crippen LogP contribution is 2.36. The highest BCUT2D eigenvalue weighted by Gasteiger charge is 2.30. The fourth-order valence-corrected chi connectivity index (χ4v) is 4.45. The standard InChI is InChI=1S/C20H19Cl2N3O3S/c1-2-25(11-17(26)24-19-12(21)6-5-7-13(19)22)18(27)10-16-20(28)23-14-8-3-4-9-15(14)29-16/h3-9,16H,2,10-11H2,1H3,(H,23,28)(H,24,26)/t16-/m0/s1. The van der Waals surface area contributed by atoms with Crippen molar-refractivity contribution >= 4 is 64.1 Å². The third kappa shape index (κ3) is 5.23. The third-order valence-corrected chi connectivity index (χ3v) is 6.27. The van der Waals surface area contributed by atoms with Gasteiger partial charge in [0, 0.05) is 17.9 Å². The summed E-state index contributed by atoms with van der Waals surface area (Å²) in [5.74, 6) is -0.911. The second kappa shape index (κ2) is 9.52. The Kier molecular flexibility index (Phi) is 7.05. The van der Waals surface area contributed by atoms with Crippen molar-refractivity contribution in [3.05, 3.63) is 52.5 Å². The van der Waals surface area contributed by atoms with Gasteiger partial charge in [0.2, 0.25) is 17.7 Å². The molecule has 2 aromatic rings. The minimum Gasteiger partial charge on any atom is -0.334 e. The largest absolute Gasteiger partial charge is 0.334 e. The van der Waals surface area contributed by atoms with Gasteiger partial charge in [0.15, 0.2) is 0 Å². The van der Waals surface area contributed by atoms with E-state index in [9.17, 15) is 14.4 Å². The van der Waals surface area contributed by atoms with Gasteiger partial charge in [-0.1, -0.05) is 41.4 Å². The Morgan fingerprint density at radius 1 is 1.14 bits per heavy atom. The maximum absolute atomic E-state index is 12.7. The molecule has 1 atom stereocenters. The normalized spacial score (nSPS) is 15.3. The van der Waals surface area contributed by atoms with Crippen LogP contribution in [0, 0.1) is 0 Å². The van der Waals surface area contributed by atoms with Gasteiger partial charge in [0.25, 0.3) is 0 Å². The van der Waals surface area contributed by atoms with Crippen molar-refractivity contribution in [2.24, 2.45) is 0 Å². The lowest BCUT2D eigenvalue weighted by molar-refractivity contribution is -0.135. The van der Waals surface area contributed by atoms with Crippen LogP contribution in [0.2, 0.25) is 10.0 Å². The Morgan fingerprint density at radius 2 is 1.83 bits per heavy atom.